The SMILES string of the molecule is CC1CC=Cc2cccc(N(c3ccc(-c4ccc(-c5ccccc5)cc4)cc3)c3ccc(-c4ccc5c(c4)c4ccccc4n5C4=C5Oc6ccccc6C5CC=C4)cc3)c21. The molecule has 0 spiro atoms. The third kappa shape index (κ3) is 6.03. The largest absolute Gasteiger partial charge is 0.459 e. The van der Waals surface area contributed by atoms with Gasteiger partial charge in [0.2, 0.25) is 0 Å². The Morgan fingerprint density at radius 2 is 1.10 bits per heavy atom. The second-order valence-corrected chi connectivity index (χ2v) is 16.9. The maximum Gasteiger partial charge on any atom is 0.136 e. The van der Waals surface area contributed by atoms with Crippen molar-refractivity contribution in [2.45, 2.75) is 31.6 Å². The Morgan fingerprint density at radius 3 is 1.85 bits per heavy atom. The zero-order valence-corrected chi connectivity index (χ0v) is 34.6. The van der Waals surface area contributed by atoms with Crippen molar-refractivity contribution in [3.63, 3.8) is 0 Å². The number of nitrogens with zero attached hydrogens (tertiary/aromatic N) is 2. The quantitative estimate of drug-likeness (QED) is 0.160. The van der Waals surface area contributed by atoms with Gasteiger partial charge in [-0.1, -0.05) is 159 Å². The van der Waals surface area contributed by atoms with E-state index in [1.165, 1.54) is 77.6 Å². The number of benzene rings is 8. The van der Waals surface area contributed by atoms with E-state index in [1.807, 2.05) is 0 Å². The molecule has 2 heterocycles. The van der Waals surface area contributed by atoms with E-state index in [0.717, 1.165) is 41.4 Å². The lowest BCUT2D eigenvalue weighted by Gasteiger charge is -2.31. The lowest BCUT2D eigenvalue weighted by atomic mass is 9.86. The molecule has 1 aromatic heterocycles. The summed E-state index contributed by atoms with van der Waals surface area (Å²) in [6, 6.07) is 68.6. The van der Waals surface area contributed by atoms with Crippen LogP contribution in [0.3, 0.4) is 0 Å². The number of hydrogen-bond acceptors (Lipinski definition) is 2. The zero-order valence-electron chi connectivity index (χ0n) is 34.6. The first-order chi connectivity index (χ1) is 30.7. The van der Waals surface area contributed by atoms with E-state index in [1.54, 1.807) is 0 Å². The van der Waals surface area contributed by atoms with Gasteiger partial charge in [0.1, 0.15) is 11.5 Å². The molecular formula is C59H44N2O. The number of anilines is 3. The van der Waals surface area contributed by atoms with E-state index < -0.39 is 0 Å². The van der Waals surface area contributed by atoms with Gasteiger partial charge in [0.05, 0.1) is 28.3 Å². The molecule has 3 nitrogen and oxygen atoms in total. The number of allylic oxidation sites excluding steroid dienone is 5. The maximum atomic E-state index is 6.61. The van der Waals surface area contributed by atoms with Crippen molar-refractivity contribution in [1.82, 2.24) is 4.57 Å². The summed E-state index contributed by atoms with van der Waals surface area (Å²) >= 11 is 0. The highest BCUT2D eigenvalue weighted by Crippen LogP contribution is 2.49. The topological polar surface area (TPSA) is 17.4 Å². The van der Waals surface area contributed by atoms with Crippen LogP contribution in [0.1, 0.15) is 48.3 Å². The Balaban J connectivity index is 0.917. The molecule has 0 saturated carbocycles. The van der Waals surface area contributed by atoms with Crippen LogP contribution in [0, 0.1) is 0 Å². The van der Waals surface area contributed by atoms with Gasteiger partial charge >= 0.3 is 0 Å². The van der Waals surface area contributed by atoms with Crippen LogP contribution in [0.25, 0.3) is 67.0 Å². The number of aromatic nitrogens is 1. The first kappa shape index (κ1) is 36.2. The Hall–Kier alpha value is -7.62. The molecule has 2 atom stereocenters. The molecule has 2 unspecified atom stereocenters. The van der Waals surface area contributed by atoms with Crippen LogP contribution in [0.4, 0.5) is 17.1 Å². The summed E-state index contributed by atoms with van der Waals surface area (Å²) in [7, 11) is 0. The predicted octanol–water partition coefficient (Wildman–Crippen LogP) is 16.1. The summed E-state index contributed by atoms with van der Waals surface area (Å²) in [6.07, 6.45) is 11.1. The molecule has 296 valence electrons. The molecule has 0 amide bonds. The molecule has 0 radical (unpaired) electrons. The summed E-state index contributed by atoms with van der Waals surface area (Å²) in [5.41, 5.74) is 18.2. The molecular weight excluding hydrogens is 753 g/mol. The number of hydrogen-bond donors (Lipinski definition) is 0. The van der Waals surface area contributed by atoms with Gasteiger partial charge in [0.25, 0.3) is 0 Å². The van der Waals surface area contributed by atoms with Crippen LogP contribution in [-0.4, -0.2) is 4.57 Å². The van der Waals surface area contributed by atoms with Gasteiger partial charge in [-0.3, -0.25) is 0 Å². The van der Waals surface area contributed by atoms with Crippen LogP contribution in [0.2, 0.25) is 0 Å². The average Bonchev–Trinajstić information content (AvgIpc) is 3.88. The minimum absolute atomic E-state index is 0.233. The number of fused-ring (bicyclic) bond motifs is 7. The fourth-order valence-corrected chi connectivity index (χ4v) is 10.1. The molecule has 3 heteroatoms. The van der Waals surface area contributed by atoms with Gasteiger partial charge in [-0.2, -0.15) is 0 Å². The molecule has 8 aromatic carbocycles. The minimum Gasteiger partial charge on any atom is -0.459 e. The number of rotatable bonds is 7. The molecule has 1 aliphatic heterocycles. The van der Waals surface area contributed by atoms with Crippen molar-refractivity contribution >= 4 is 50.6 Å². The molecule has 3 aliphatic rings. The Bertz CT molecular complexity index is 3260. The summed E-state index contributed by atoms with van der Waals surface area (Å²) in [4.78, 5) is 2.45. The predicted molar refractivity (Wildman–Crippen MR) is 259 cm³/mol. The summed E-state index contributed by atoms with van der Waals surface area (Å²) in [6.45, 7) is 2.35. The fraction of sp³-hybridized carbons (Fsp3) is 0.0847. The van der Waals surface area contributed by atoms with Gasteiger partial charge in [-0.05, 0) is 124 Å². The van der Waals surface area contributed by atoms with Gasteiger partial charge < -0.3 is 14.2 Å². The van der Waals surface area contributed by atoms with E-state index in [2.05, 4.69) is 229 Å². The van der Waals surface area contributed by atoms with Crippen LogP contribution in [0.5, 0.6) is 5.75 Å². The molecule has 0 saturated heterocycles. The molecule has 2 aliphatic carbocycles. The molecule has 9 aromatic rings. The smallest absolute Gasteiger partial charge is 0.136 e. The van der Waals surface area contributed by atoms with Crippen LogP contribution in [-0.2, 0) is 0 Å². The van der Waals surface area contributed by atoms with Crippen LogP contribution in [0.15, 0.2) is 212 Å². The van der Waals surface area contributed by atoms with Crippen LogP contribution < -0.4 is 9.64 Å². The second kappa shape index (κ2) is 14.8. The van der Waals surface area contributed by atoms with Gasteiger partial charge in [0.15, 0.2) is 0 Å². The molecule has 0 bridgehead atoms. The number of para-hydroxylation sites is 2. The van der Waals surface area contributed by atoms with Gasteiger partial charge in [-0.25, -0.2) is 0 Å². The standard InChI is InChI=1S/C59H44N2O/c1-39-12-9-15-45-16-10-21-55(58(39)45)60(47-33-28-43(29-34-47)42-26-24-41(25-27-42)40-13-3-2-4-14-40)48-35-30-44(31-36-48)46-32-37-54-52(38-46)49-17-5-7-20-53(49)61(54)56-22-11-19-51-50-18-6-8-23-57(50)62-59(51)56/h2-11,13-18,20-39,51H,12,19H2,1H3. The average molecular weight is 797 g/mol. The van der Waals surface area contributed by atoms with E-state index in [9.17, 15) is 0 Å². The first-order valence-corrected chi connectivity index (χ1v) is 21.8. The lowest BCUT2D eigenvalue weighted by Crippen LogP contribution is -2.15. The van der Waals surface area contributed by atoms with Crippen molar-refractivity contribution in [2.24, 2.45) is 0 Å². The van der Waals surface area contributed by atoms with E-state index in [0.29, 0.717) is 5.92 Å². The van der Waals surface area contributed by atoms with E-state index in [-0.39, 0.29) is 5.92 Å². The Morgan fingerprint density at radius 1 is 0.500 bits per heavy atom. The molecule has 0 N–H and O–H groups in total. The van der Waals surface area contributed by atoms with Crippen LogP contribution >= 0.6 is 0 Å². The van der Waals surface area contributed by atoms with E-state index >= 15 is 0 Å². The Labute approximate surface area is 362 Å². The van der Waals surface area contributed by atoms with Gasteiger partial charge in [-0.15, -0.1) is 0 Å². The normalized spacial score (nSPS) is 16.3. The van der Waals surface area contributed by atoms with E-state index in [4.69, 9.17) is 4.74 Å². The Kier molecular flexibility index (Phi) is 8.67. The van der Waals surface area contributed by atoms with Crippen molar-refractivity contribution in [3.05, 3.63) is 229 Å². The van der Waals surface area contributed by atoms with Gasteiger partial charge in [0, 0.05) is 27.7 Å². The fourth-order valence-electron chi connectivity index (χ4n) is 10.1. The van der Waals surface area contributed by atoms with Crippen molar-refractivity contribution in [1.29, 1.82) is 0 Å². The molecule has 12 rings (SSSR count). The third-order valence-corrected chi connectivity index (χ3v) is 13.2. The van der Waals surface area contributed by atoms with Crippen molar-refractivity contribution in [3.8, 4) is 39.1 Å². The second-order valence-electron chi connectivity index (χ2n) is 16.9. The highest BCUT2D eigenvalue weighted by atomic mass is 16.5. The van der Waals surface area contributed by atoms with Crippen molar-refractivity contribution < 1.29 is 4.74 Å². The summed E-state index contributed by atoms with van der Waals surface area (Å²) in [5, 5.41) is 2.47. The summed E-state index contributed by atoms with van der Waals surface area (Å²) in [5.74, 6) is 2.65. The zero-order chi connectivity index (χ0) is 41.1. The third-order valence-electron chi connectivity index (χ3n) is 13.2. The first-order valence-electron chi connectivity index (χ1n) is 21.8. The highest BCUT2D eigenvalue weighted by molar-refractivity contribution is 6.11. The number of ether oxygens (including phenoxy) is 1. The van der Waals surface area contributed by atoms with Crippen molar-refractivity contribution in [2.75, 3.05) is 4.90 Å². The maximum absolute atomic E-state index is 6.61. The molecule has 62 heavy (non-hydrogen) atoms. The molecule has 0 fully saturated rings. The monoisotopic (exact) mass is 796 g/mol. The highest BCUT2D eigenvalue weighted by Gasteiger charge is 2.34. The summed E-state index contributed by atoms with van der Waals surface area (Å²) < 4.78 is 9.02. The minimum atomic E-state index is 0.233. The lowest BCUT2D eigenvalue weighted by molar-refractivity contribution is 0.426.